The zero-order valence-corrected chi connectivity index (χ0v) is 7.95. The van der Waals surface area contributed by atoms with Gasteiger partial charge in [-0.1, -0.05) is 0 Å². The number of nitrogens with zero attached hydrogens (tertiary/aromatic N) is 1. The molecule has 0 aromatic carbocycles. The van der Waals surface area contributed by atoms with Gasteiger partial charge in [0.25, 0.3) is 0 Å². The van der Waals surface area contributed by atoms with Gasteiger partial charge >= 0.3 is 0 Å². The maximum absolute atomic E-state index is 12.8. The van der Waals surface area contributed by atoms with Crippen LogP contribution in [0.4, 0.5) is 4.39 Å². The second kappa shape index (κ2) is 4.40. The van der Waals surface area contributed by atoms with Crippen molar-refractivity contribution in [2.45, 2.75) is 25.1 Å². The Morgan fingerprint density at radius 2 is 2.17 bits per heavy atom. The molecular formula is C8H16ClFN2. The van der Waals surface area contributed by atoms with Gasteiger partial charge in [-0.25, -0.2) is 4.39 Å². The molecule has 72 valence electrons. The van der Waals surface area contributed by atoms with Crippen LogP contribution in [0.3, 0.4) is 0 Å². The second-order valence-corrected chi connectivity index (χ2v) is 3.53. The maximum atomic E-state index is 12.8. The first kappa shape index (κ1) is 10.2. The third kappa shape index (κ3) is 2.09. The normalized spacial score (nSPS) is 36.8. The highest BCUT2D eigenvalue weighted by molar-refractivity contribution is 5.85. The molecule has 0 amide bonds. The van der Waals surface area contributed by atoms with Crippen LogP contribution in [-0.2, 0) is 0 Å². The average molecular weight is 195 g/mol. The molecule has 0 radical (unpaired) electrons. The van der Waals surface area contributed by atoms with Crippen LogP contribution in [0.1, 0.15) is 12.8 Å². The van der Waals surface area contributed by atoms with Crippen molar-refractivity contribution in [3.63, 3.8) is 0 Å². The molecule has 2 atom stereocenters. The first-order valence-corrected chi connectivity index (χ1v) is 4.45. The van der Waals surface area contributed by atoms with E-state index in [0.717, 1.165) is 26.1 Å². The van der Waals surface area contributed by atoms with Gasteiger partial charge in [0.1, 0.15) is 6.17 Å². The summed E-state index contributed by atoms with van der Waals surface area (Å²) in [7, 11) is 0. The first-order valence-electron chi connectivity index (χ1n) is 4.45. The fourth-order valence-electron chi connectivity index (χ4n) is 2.03. The van der Waals surface area contributed by atoms with Gasteiger partial charge in [-0.05, 0) is 19.4 Å². The zero-order valence-electron chi connectivity index (χ0n) is 7.13. The monoisotopic (exact) mass is 194 g/mol. The third-order valence-electron chi connectivity index (χ3n) is 2.71. The van der Waals surface area contributed by atoms with E-state index in [1.807, 2.05) is 0 Å². The van der Waals surface area contributed by atoms with E-state index in [1.165, 1.54) is 6.42 Å². The topological polar surface area (TPSA) is 15.3 Å². The minimum Gasteiger partial charge on any atom is -0.315 e. The Morgan fingerprint density at radius 3 is 2.67 bits per heavy atom. The molecule has 2 heterocycles. The quantitative estimate of drug-likeness (QED) is 0.665. The van der Waals surface area contributed by atoms with Crippen molar-refractivity contribution in [2.75, 3.05) is 26.2 Å². The summed E-state index contributed by atoms with van der Waals surface area (Å²) in [5, 5.41) is 3.30. The molecule has 0 saturated carbocycles. The van der Waals surface area contributed by atoms with E-state index in [-0.39, 0.29) is 12.4 Å². The molecule has 2 aliphatic heterocycles. The summed E-state index contributed by atoms with van der Waals surface area (Å²) in [5.41, 5.74) is 0. The van der Waals surface area contributed by atoms with Crippen molar-refractivity contribution in [2.24, 2.45) is 0 Å². The van der Waals surface area contributed by atoms with Crippen molar-refractivity contribution in [3.8, 4) is 0 Å². The van der Waals surface area contributed by atoms with E-state index in [9.17, 15) is 4.39 Å². The molecule has 2 fully saturated rings. The molecule has 2 nitrogen and oxygen atoms in total. The molecule has 12 heavy (non-hydrogen) atoms. The Balaban J connectivity index is 0.000000720. The third-order valence-corrected chi connectivity index (χ3v) is 2.71. The predicted molar refractivity (Wildman–Crippen MR) is 49.6 cm³/mol. The van der Waals surface area contributed by atoms with Gasteiger partial charge in [0.05, 0.1) is 0 Å². The number of halogens is 2. The molecule has 0 spiro atoms. The Labute approximate surface area is 78.9 Å². The predicted octanol–water partition coefficient (Wildman–Crippen LogP) is 0.814. The molecule has 2 saturated heterocycles. The van der Waals surface area contributed by atoms with Crippen LogP contribution in [0.5, 0.6) is 0 Å². The van der Waals surface area contributed by atoms with Crippen LogP contribution in [-0.4, -0.2) is 43.3 Å². The molecule has 2 unspecified atom stereocenters. The highest BCUT2D eigenvalue weighted by Crippen LogP contribution is 2.18. The number of rotatable bonds is 1. The van der Waals surface area contributed by atoms with Gasteiger partial charge in [-0.3, -0.25) is 4.90 Å². The summed E-state index contributed by atoms with van der Waals surface area (Å²) in [6, 6.07) is 0.621. The van der Waals surface area contributed by atoms with Gasteiger partial charge in [0.2, 0.25) is 0 Å². The van der Waals surface area contributed by atoms with Gasteiger partial charge in [0, 0.05) is 25.7 Å². The summed E-state index contributed by atoms with van der Waals surface area (Å²) in [6.07, 6.45) is 1.39. The number of alkyl halides is 1. The van der Waals surface area contributed by atoms with E-state index in [0.29, 0.717) is 12.6 Å². The lowest BCUT2D eigenvalue weighted by molar-refractivity contribution is 0.233. The number of likely N-dealkylation sites (tertiary alicyclic amines) is 1. The lowest BCUT2D eigenvalue weighted by Crippen LogP contribution is -2.35. The standard InChI is InChI=1S/C8H15FN2.ClH/c9-7-2-4-11(6-7)8-1-3-10-5-8;/h7-8,10H,1-6H2;1H. The largest absolute Gasteiger partial charge is 0.315 e. The van der Waals surface area contributed by atoms with E-state index in [1.54, 1.807) is 0 Å². The molecule has 0 aromatic heterocycles. The number of hydrogen-bond donors (Lipinski definition) is 1. The Morgan fingerprint density at radius 1 is 1.33 bits per heavy atom. The van der Waals surface area contributed by atoms with Crippen LogP contribution in [0.25, 0.3) is 0 Å². The molecule has 2 aliphatic rings. The Bertz CT molecular complexity index is 139. The lowest BCUT2D eigenvalue weighted by atomic mass is 10.2. The molecule has 2 rings (SSSR count). The summed E-state index contributed by atoms with van der Waals surface area (Å²) >= 11 is 0. The number of nitrogens with one attached hydrogen (secondary N) is 1. The molecule has 1 N–H and O–H groups in total. The van der Waals surface area contributed by atoms with Crippen LogP contribution in [0, 0.1) is 0 Å². The maximum Gasteiger partial charge on any atom is 0.114 e. The van der Waals surface area contributed by atoms with Crippen molar-refractivity contribution in [3.05, 3.63) is 0 Å². The molecule has 4 heteroatoms. The van der Waals surface area contributed by atoms with Crippen LogP contribution >= 0.6 is 12.4 Å². The highest BCUT2D eigenvalue weighted by atomic mass is 35.5. The Kier molecular flexibility index (Phi) is 3.75. The Hall–Kier alpha value is 0.140. The minimum absolute atomic E-state index is 0. The summed E-state index contributed by atoms with van der Waals surface area (Å²) in [4.78, 5) is 2.28. The molecule has 0 bridgehead atoms. The van der Waals surface area contributed by atoms with Crippen LogP contribution in [0.2, 0.25) is 0 Å². The van der Waals surface area contributed by atoms with Crippen molar-refractivity contribution in [1.82, 2.24) is 10.2 Å². The molecular weight excluding hydrogens is 179 g/mol. The SMILES string of the molecule is Cl.FC1CCN(C2CCNC2)C1. The highest BCUT2D eigenvalue weighted by Gasteiger charge is 2.29. The van der Waals surface area contributed by atoms with E-state index in [2.05, 4.69) is 10.2 Å². The van der Waals surface area contributed by atoms with Gasteiger partial charge in [-0.15, -0.1) is 12.4 Å². The summed E-state index contributed by atoms with van der Waals surface area (Å²) in [5.74, 6) is 0. The fourth-order valence-corrected chi connectivity index (χ4v) is 2.03. The van der Waals surface area contributed by atoms with Crippen LogP contribution < -0.4 is 5.32 Å². The van der Waals surface area contributed by atoms with Gasteiger partial charge < -0.3 is 5.32 Å². The van der Waals surface area contributed by atoms with E-state index in [4.69, 9.17) is 0 Å². The average Bonchev–Trinajstić information content (AvgIpc) is 2.55. The smallest absolute Gasteiger partial charge is 0.114 e. The van der Waals surface area contributed by atoms with Crippen molar-refractivity contribution >= 4 is 12.4 Å². The second-order valence-electron chi connectivity index (χ2n) is 3.53. The van der Waals surface area contributed by atoms with Crippen LogP contribution in [0.15, 0.2) is 0 Å². The fraction of sp³-hybridized carbons (Fsp3) is 1.00. The van der Waals surface area contributed by atoms with Gasteiger partial charge in [-0.2, -0.15) is 0 Å². The number of hydrogen-bond acceptors (Lipinski definition) is 2. The molecule has 0 aliphatic carbocycles. The summed E-state index contributed by atoms with van der Waals surface area (Å²) < 4.78 is 12.8. The van der Waals surface area contributed by atoms with E-state index < -0.39 is 6.17 Å². The van der Waals surface area contributed by atoms with Crippen molar-refractivity contribution < 1.29 is 4.39 Å². The zero-order chi connectivity index (χ0) is 7.68. The van der Waals surface area contributed by atoms with E-state index >= 15 is 0 Å². The molecule has 0 aromatic rings. The van der Waals surface area contributed by atoms with Crippen molar-refractivity contribution in [1.29, 1.82) is 0 Å². The minimum atomic E-state index is -0.560. The summed E-state index contributed by atoms with van der Waals surface area (Å²) in [6.45, 7) is 3.81. The van der Waals surface area contributed by atoms with Gasteiger partial charge in [0.15, 0.2) is 0 Å². The first-order chi connectivity index (χ1) is 5.36. The lowest BCUT2D eigenvalue weighted by Gasteiger charge is -2.21.